The van der Waals surface area contributed by atoms with Gasteiger partial charge in [-0.2, -0.15) is 0 Å². The Morgan fingerprint density at radius 1 is 1.47 bits per heavy atom. The molecule has 1 aromatic rings. The molecule has 0 spiro atoms. The van der Waals surface area contributed by atoms with E-state index < -0.39 is 0 Å². The fourth-order valence-corrected chi connectivity index (χ4v) is 1.84. The molecule has 1 unspecified atom stereocenters. The minimum Gasteiger partial charge on any atom is -0.327 e. The molecular formula is C13H17FN2O. The Kier molecular flexibility index (Phi) is 3.43. The highest BCUT2D eigenvalue weighted by atomic mass is 19.1. The number of halogens is 1. The Morgan fingerprint density at radius 2 is 2.06 bits per heavy atom. The van der Waals surface area contributed by atoms with E-state index >= 15 is 0 Å². The van der Waals surface area contributed by atoms with E-state index in [4.69, 9.17) is 5.73 Å². The molecule has 1 saturated carbocycles. The van der Waals surface area contributed by atoms with E-state index in [2.05, 4.69) is 0 Å². The second kappa shape index (κ2) is 4.84. The highest BCUT2D eigenvalue weighted by Gasteiger charge is 2.30. The third-order valence-corrected chi connectivity index (χ3v) is 3.23. The summed E-state index contributed by atoms with van der Waals surface area (Å²) in [4.78, 5) is 13.5. The third kappa shape index (κ3) is 3.03. The standard InChI is InChI=1S/C13H17FN2O/c1-16(11-6-4-10(14)5-7-11)13(17)8-12(15)9-2-3-9/h4-7,9,12H,2-3,8,15H2,1H3. The lowest BCUT2D eigenvalue weighted by molar-refractivity contribution is -0.118. The summed E-state index contributed by atoms with van der Waals surface area (Å²) in [6.45, 7) is 0. The van der Waals surface area contributed by atoms with Gasteiger partial charge in [0.25, 0.3) is 0 Å². The van der Waals surface area contributed by atoms with Gasteiger partial charge >= 0.3 is 0 Å². The van der Waals surface area contributed by atoms with Crippen LogP contribution in [-0.2, 0) is 4.79 Å². The van der Waals surface area contributed by atoms with Crippen LogP contribution < -0.4 is 10.6 Å². The van der Waals surface area contributed by atoms with E-state index in [9.17, 15) is 9.18 Å². The minimum atomic E-state index is -0.302. The van der Waals surface area contributed by atoms with Crippen LogP contribution in [0.2, 0.25) is 0 Å². The van der Waals surface area contributed by atoms with Crippen LogP contribution in [0.3, 0.4) is 0 Å². The molecule has 92 valence electrons. The van der Waals surface area contributed by atoms with Crippen molar-refractivity contribution in [2.45, 2.75) is 25.3 Å². The van der Waals surface area contributed by atoms with Crippen molar-refractivity contribution in [2.24, 2.45) is 11.7 Å². The van der Waals surface area contributed by atoms with Crippen LogP contribution in [0.5, 0.6) is 0 Å². The van der Waals surface area contributed by atoms with Crippen molar-refractivity contribution < 1.29 is 9.18 Å². The van der Waals surface area contributed by atoms with Gasteiger partial charge in [0.15, 0.2) is 0 Å². The lowest BCUT2D eigenvalue weighted by Crippen LogP contribution is -2.34. The predicted molar refractivity (Wildman–Crippen MR) is 65.1 cm³/mol. The highest BCUT2D eigenvalue weighted by molar-refractivity contribution is 5.93. The van der Waals surface area contributed by atoms with Gasteiger partial charge in [0, 0.05) is 25.2 Å². The highest BCUT2D eigenvalue weighted by Crippen LogP contribution is 2.33. The molecule has 4 heteroatoms. The van der Waals surface area contributed by atoms with Gasteiger partial charge in [-0.15, -0.1) is 0 Å². The molecule has 0 bridgehead atoms. The van der Waals surface area contributed by atoms with Crippen molar-refractivity contribution >= 4 is 11.6 Å². The second-order valence-corrected chi connectivity index (χ2v) is 4.63. The molecule has 1 aliphatic rings. The number of rotatable bonds is 4. The van der Waals surface area contributed by atoms with E-state index in [1.807, 2.05) is 0 Å². The summed E-state index contributed by atoms with van der Waals surface area (Å²) in [6, 6.07) is 5.84. The zero-order chi connectivity index (χ0) is 12.4. The lowest BCUT2D eigenvalue weighted by Gasteiger charge is -2.19. The molecule has 0 heterocycles. The molecule has 2 rings (SSSR count). The minimum absolute atomic E-state index is 0.0176. The largest absolute Gasteiger partial charge is 0.327 e. The fraction of sp³-hybridized carbons (Fsp3) is 0.462. The van der Waals surface area contributed by atoms with Gasteiger partial charge in [0.2, 0.25) is 5.91 Å². The Bertz CT molecular complexity index is 400. The number of amides is 1. The SMILES string of the molecule is CN(C(=O)CC(N)C1CC1)c1ccc(F)cc1. The van der Waals surface area contributed by atoms with Crippen molar-refractivity contribution in [3.05, 3.63) is 30.1 Å². The summed E-state index contributed by atoms with van der Waals surface area (Å²) in [7, 11) is 1.69. The molecule has 1 fully saturated rings. The van der Waals surface area contributed by atoms with Crippen LogP contribution in [0.4, 0.5) is 10.1 Å². The summed E-state index contributed by atoms with van der Waals surface area (Å²) >= 11 is 0. The number of benzene rings is 1. The van der Waals surface area contributed by atoms with Crippen LogP contribution in [0.1, 0.15) is 19.3 Å². The molecular weight excluding hydrogens is 219 g/mol. The van der Waals surface area contributed by atoms with Gasteiger partial charge in [-0.3, -0.25) is 4.79 Å². The van der Waals surface area contributed by atoms with Gasteiger partial charge in [0.05, 0.1) is 0 Å². The van der Waals surface area contributed by atoms with Crippen LogP contribution in [0.25, 0.3) is 0 Å². The van der Waals surface area contributed by atoms with Crippen LogP contribution >= 0.6 is 0 Å². The van der Waals surface area contributed by atoms with E-state index in [0.717, 1.165) is 12.8 Å². The smallest absolute Gasteiger partial charge is 0.228 e. The second-order valence-electron chi connectivity index (χ2n) is 4.63. The Balaban J connectivity index is 1.96. The topological polar surface area (TPSA) is 46.3 Å². The van der Waals surface area contributed by atoms with Crippen molar-refractivity contribution in [1.29, 1.82) is 0 Å². The van der Waals surface area contributed by atoms with Crippen molar-refractivity contribution in [3.63, 3.8) is 0 Å². The normalized spacial score (nSPS) is 16.6. The maximum atomic E-state index is 12.8. The van der Waals surface area contributed by atoms with Crippen LogP contribution in [0, 0.1) is 11.7 Å². The zero-order valence-electron chi connectivity index (χ0n) is 9.90. The van der Waals surface area contributed by atoms with E-state index in [1.54, 1.807) is 19.2 Å². The summed E-state index contributed by atoms with van der Waals surface area (Å²) in [5, 5.41) is 0. The van der Waals surface area contributed by atoms with Crippen molar-refractivity contribution in [2.75, 3.05) is 11.9 Å². The molecule has 0 aromatic heterocycles. The summed E-state index contributed by atoms with van der Waals surface area (Å²) in [5.41, 5.74) is 6.61. The predicted octanol–water partition coefficient (Wildman–Crippen LogP) is 1.92. The molecule has 2 N–H and O–H groups in total. The monoisotopic (exact) mass is 236 g/mol. The number of hydrogen-bond donors (Lipinski definition) is 1. The molecule has 3 nitrogen and oxygen atoms in total. The van der Waals surface area contributed by atoms with Crippen molar-refractivity contribution in [3.8, 4) is 0 Å². The van der Waals surface area contributed by atoms with E-state index in [1.165, 1.54) is 17.0 Å². The lowest BCUT2D eigenvalue weighted by atomic mass is 10.1. The fourth-order valence-electron chi connectivity index (χ4n) is 1.84. The molecule has 1 aliphatic carbocycles. The Labute approximate surface area is 100 Å². The number of anilines is 1. The van der Waals surface area contributed by atoms with Gasteiger partial charge < -0.3 is 10.6 Å². The maximum Gasteiger partial charge on any atom is 0.228 e. The average Bonchev–Trinajstić information content (AvgIpc) is 3.12. The maximum absolute atomic E-state index is 12.8. The summed E-state index contributed by atoms with van der Waals surface area (Å²) < 4.78 is 12.8. The van der Waals surface area contributed by atoms with Gasteiger partial charge in [-0.25, -0.2) is 4.39 Å². The van der Waals surface area contributed by atoms with Gasteiger partial charge in [-0.05, 0) is 43.0 Å². The zero-order valence-corrected chi connectivity index (χ0v) is 9.90. The first-order valence-electron chi connectivity index (χ1n) is 5.85. The Hall–Kier alpha value is -1.42. The molecule has 17 heavy (non-hydrogen) atoms. The molecule has 1 atom stereocenters. The first-order chi connectivity index (χ1) is 8.08. The first kappa shape index (κ1) is 12.0. The molecule has 1 aromatic carbocycles. The summed E-state index contributed by atoms with van der Waals surface area (Å²) in [5.74, 6) is 0.195. The first-order valence-corrected chi connectivity index (χ1v) is 5.85. The Morgan fingerprint density at radius 3 is 2.59 bits per heavy atom. The molecule has 1 amide bonds. The number of nitrogens with zero attached hydrogens (tertiary/aromatic N) is 1. The van der Waals surface area contributed by atoms with E-state index in [-0.39, 0.29) is 17.8 Å². The number of hydrogen-bond acceptors (Lipinski definition) is 2. The third-order valence-electron chi connectivity index (χ3n) is 3.23. The van der Waals surface area contributed by atoms with Gasteiger partial charge in [-0.1, -0.05) is 0 Å². The summed E-state index contributed by atoms with van der Waals surface area (Å²) in [6.07, 6.45) is 2.63. The molecule has 0 saturated heterocycles. The van der Waals surface area contributed by atoms with Crippen LogP contribution in [-0.4, -0.2) is 19.0 Å². The molecule has 0 aliphatic heterocycles. The number of carbonyl (C=O) groups is 1. The quantitative estimate of drug-likeness (QED) is 0.868. The molecule has 0 radical (unpaired) electrons. The van der Waals surface area contributed by atoms with Gasteiger partial charge in [0.1, 0.15) is 5.82 Å². The number of nitrogens with two attached hydrogens (primary N) is 1. The van der Waals surface area contributed by atoms with Crippen LogP contribution in [0.15, 0.2) is 24.3 Å². The number of carbonyl (C=O) groups excluding carboxylic acids is 1. The van der Waals surface area contributed by atoms with Crippen molar-refractivity contribution in [1.82, 2.24) is 0 Å². The van der Waals surface area contributed by atoms with E-state index in [0.29, 0.717) is 18.0 Å². The average molecular weight is 236 g/mol.